The predicted octanol–water partition coefficient (Wildman–Crippen LogP) is 2.24. The summed E-state index contributed by atoms with van der Waals surface area (Å²) in [4.78, 5) is 31.8. The van der Waals surface area contributed by atoms with Crippen molar-refractivity contribution in [1.29, 1.82) is 0 Å². The highest BCUT2D eigenvalue weighted by Gasteiger charge is 2.28. The van der Waals surface area contributed by atoms with E-state index in [2.05, 4.69) is 4.98 Å². The lowest BCUT2D eigenvalue weighted by molar-refractivity contribution is 0.0533. The lowest BCUT2D eigenvalue weighted by Crippen LogP contribution is -2.50. The molecule has 0 saturated carbocycles. The molecule has 1 aliphatic rings. The van der Waals surface area contributed by atoms with Crippen molar-refractivity contribution in [3.8, 4) is 5.75 Å². The fourth-order valence-corrected chi connectivity index (χ4v) is 3.27. The molecular formula is C19H23N3O3. The highest BCUT2D eigenvalue weighted by Crippen LogP contribution is 2.26. The molecule has 0 radical (unpaired) electrons. The Labute approximate surface area is 147 Å². The van der Waals surface area contributed by atoms with Crippen LogP contribution in [0, 0.1) is 13.8 Å². The molecule has 1 N–H and O–H groups in total. The second-order valence-corrected chi connectivity index (χ2v) is 6.34. The van der Waals surface area contributed by atoms with Crippen molar-refractivity contribution in [2.75, 3.05) is 33.3 Å². The molecule has 0 bridgehead atoms. The molecule has 3 rings (SSSR count). The van der Waals surface area contributed by atoms with Crippen LogP contribution in [0.1, 0.15) is 31.8 Å². The van der Waals surface area contributed by atoms with Crippen LogP contribution in [0.25, 0.3) is 0 Å². The number of methoxy groups -OCH3 is 1. The molecule has 1 fully saturated rings. The Bertz CT molecular complexity index is 775. The minimum absolute atomic E-state index is 0.00236. The van der Waals surface area contributed by atoms with Crippen molar-refractivity contribution in [3.05, 3.63) is 52.8 Å². The van der Waals surface area contributed by atoms with Crippen LogP contribution in [-0.2, 0) is 0 Å². The molecule has 1 aromatic carbocycles. The van der Waals surface area contributed by atoms with Crippen LogP contribution in [0.4, 0.5) is 0 Å². The van der Waals surface area contributed by atoms with Crippen molar-refractivity contribution < 1.29 is 14.3 Å². The Morgan fingerprint density at radius 2 is 1.68 bits per heavy atom. The number of hydrogen-bond acceptors (Lipinski definition) is 3. The molecule has 2 heterocycles. The summed E-state index contributed by atoms with van der Waals surface area (Å²) in [6, 6.07) is 5.63. The molecule has 1 saturated heterocycles. The van der Waals surface area contributed by atoms with E-state index in [4.69, 9.17) is 4.74 Å². The van der Waals surface area contributed by atoms with E-state index in [0.717, 1.165) is 11.1 Å². The van der Waals surface area contributed by atoms with Gasteiger partial charge in [-0.25, -0.2) is 0 Å². The van der Waals surface area contributed by atoms with Gasteiger partial charge in [-0.1, -0.05) is 6.07 Å². The Balaban J connectivity index is 1.71. The molecule has 132 valence electrons. The van der Waals surface area contributed by atoms with E-state index in [-0.39, 0.29) is 11.8 Å². The van der Waals surface area contributed by atoms with Crippen molar-refractivity contribution in [3.63, 3.8) is 0 Å². The van der Waals surface area contributed by atoms with Gasteiger partial charge in [0, 0.05) is 38.6 Å². The molecule has 0 atom stereocenters. The zero-order valence-corrected chi connectivity index (χ0v) is 14.8. The smallest absolute Gasteiger partial charge is 0.258 e. The van der Waals surface area contributed by atoms with Gasteiger partial charge in [0.25, 0.3) is 11.8 Å². The molecule has 6 heteroatoms. The van der Waals surface area contributed by atoms with Gasteiger partial charge in [0.05, 0.1) is 18.2 Å². The summed E-state index contributed by atoms with van der Waals surface area (Å²) >= 11 is 0. The minimum atomic E-state index is -0.0388. The molecule has 25 heavy (non-hydrogen) atoms. The van der Waals surface area contributed by atoms with Crippen LogP contribution in [-0.4, -0.2) is 59.9 Å². The SMILES string of the molecule is COc1cc(C)cc(C)c1C(=O)N1CCN(C(=O)c2cc[nH]c2)CC1. The van der Waals surface area contributed by atoms with Gasteiger partial charge in [-0.05, 0) is 37.1 Å². The lowest BCUT2D eigenvalue weighted by atomic mass is 10.0. The first kappa shape index (κ1) is 17.1. The third-order valence-corrected chi connectivity index (χ3v) is 4.58. The number of carbonyl (C=O) groups is 2. The number of hydrogen-bond donors (Lipinski definition) is 1. The monoisotopic (exact) mass is 341 g/mol. The van der Waals surface area contributed by atoms with Crippen molar-refractivity contribution >= 4 is 11.8 Å². The lowest BCUT2D eigenvalue weighted by Gasteiger charge is -2.35. The number of piperazine rings is 1. The van der Waals surface area contributed by atoms with Crippen molar-refractivity contribution in [2.45, 2.75) is 13.8 Å². The number of nitrogens with zero attached hydrogens (tertiary/aromatic N) is 2. The maximum absolute atomic E-state index is 13.0. The number of aromatic amines is 1. The number of benzene rings is 1. The molecule has 1 aliphatic heterocycles. The van der Waals surface area contributed by atoms with Crippen LogP contribution in [0.3, 0.4) is 0 Å². The second kappa shape index (κ2) is 7.01. The van der Waals surface area contributed by atoms with E-state index in [1.165, 1.54) is 0 Å². The van der Waals surface area contributed by atoms with E-state index >= 15 is 0 Å². The van der Waals surface area contributed by atoms with E-state index < -0.39 is 0 Å². The van der Waals surface area contributed by atoms with Crippen molar-refractivity contribution in [2.24, 2.45) is 0 Å². The summed E-state index contributed by atoms with van der Waals surface area (Å²) in [5.74, 6) is 0.564. The predicted molar refractivity (Wildman–Crippen MR) is 95.1 cm³/mol. The maximum atomic E-state index is 13.0. The van der Waals surface area contributed by atoms with Crippen LogP contribution in [0.15, 0.2) is 30.6 Å². The number of rotatable bonds is 3. The van der Waals surface area contributed by atoms with Crippen LogP contribution < -0.4 is 4.74 Å². The number of nitrogens with one attached hydrogen (secondary N) is 1. The second-order valence-electron chi connectivity index (χ2n) is 6.34. The van der Waals surface area contributed by atoms with E-state index in [0.29, 0.717) is 43.1 Å². The Kier molecular flexibility index (Phi) is 4.79. The summed E-state index contributed by atoms with van der Waals surface area (Å²) in [6.07, 6.45) is 3.43. The van der Waals surface area contributed by atoms with E-state index in [1.54, 1.807) is 35.4 Å². The van der Waals surface area contributed by atoms with E-state index in [1.807, 2.05) is 26.0 Å². The van der Waals surface area contributed by atoms with E-state index in [9.17, 15) is 9.59 Å². The quantitative estimate of drug-likeness (QED) is 0.931. The Hall–Kier alpha value is -2.76. The first-order valence-corrected chi connectivity index (χ1v) is 8.38. The van der Waals surface area contributed by atoms with Gasteiger partial charge in [-0.15, -0.1) is 0 Å². The molecule has 2 amide bonds. The van der Waals surface area contributed by atoms with Gasteiger partial charge in [0.2, 0.25) is 0 Å². The fourth-order valence-electron chi connectivity index (χ4n) is 3.27. The number of aromatic nitrogens is 1. The summed E-state index contributed by atoms with van der Waals surface area (Å²) in [7, 11) is 1.58. The molecule has 1 aromatic heterocycles. The molecule has 0 aliphatic carbocycles. The molecule has 0 spiro atoms. The zero-order valence-electron chi connectivity index (χ0n) is 14.8. The minimum Gasteiger partial charge on any atom is -0.496 e. The first-order chi connectivity index (χ1) is 12.0. The fraction of sp³-hybridized carbons (Fsp3) is 0.368. The first-order valence-electron chi connectivity index (χ1n) is 8.38. The van der Waals surface area contributed by atoms with Gasteiger partial charge in [-0.2, -0.15) is 0 Å². The highest BCUT2D eigenvalue weighted by atomic mass is 16.5. The summed E-state index contributed by atoms with van der Waals surface area (Å²) < 4.78 is 5.41. The number of ether oxygens (including phenoxy) is 1. The van der Waals surface area contributed by atoms with Gasteiger partial charge >= 0.3 is 0 Å². The van der Waals surface area contributed by atoms with Crippen LogP contribution in [0.2, 0.25) is 0 Å². The standard InChI is InChI=1S/C19H23N3O3/c1-13-10-14(2)17(16(11-13)25-3)19(24)22-8-6-21(7-9-22)18(23)15-4-5-20-12-15/h4-5,10-12,20H,6-9H2,1-3H3. The number of carbonyl (C=O) groups excluding carboxylic acids is 2. The van der Waals surface area contributed by atoms with Gasteiger partial charge in [0.1, 0.15) is 5.75 Å². The van der Waals surface area contributed by atoms with Gasteiger partial charge in [-0.3, -0.25) is 9.59 Å². The normalized spacial score (nSPS) is 14.5. The number of H-pyrrole nitrogens is 1. The molecule has 0 unspecified atom stereocenters. The third kappa shape index (κ3) is 3.38. The van der Waals surface area contributed by atoms with Gasteiger partial charge < -0.3 is 19.5 Å². The molecular weight excluding hydrogens is 318 g/mol. The zero-order chi connectivity index (χ0) is 18.0. The topological polar surface area (TPSA) is 65.6 Å². The van der Waals surface area contributed by atoms with Crippen molar-refractivity contribution in [1.82, 2.24) is 14.8 Å². The van der Waals surface area contributed by atoms with Crippen LogP contribution in [0.5, 0.6) is 5.75 Å². The number of aryl methyl sites for hydroxylation is 2. The third-order valence-electron chi connectivity index (χ3n) is 4.58. The average Bonchev–Trinajstić information content (AvgIpc) is 3.14. The number of amides is 2. The average molecular weight is 341 g/mol. The Morgan fingerprint density at radius 3 is 2.24 bits per heavy atom. The summed E-state index contributed by atoms with van der Waals surface area (Å²) in [5, 5.41) is 0. The van der Waals surface area contributed by atoms with Crippen LogP contribution >= 0.6 is 0 Å². The maximum Gasteiger partial charge on any atom is 0.258 e. The summed E-state index contributed by atoms with van der Waals surface area (Å²) in [6.45, 7) is 6.01. The highest BCUT2D eigenvalue weighted by molar-refractivity contribution is 5.99. The molecule has 6 nitrogen and oxygen atoms in total. The van der Waals surface area contributed by atoms with Gasteiger partial charge in [0.15, 0.2) is 0 Å². The Morgan fingerprint density at radius 1 is 1.04 bits per heavy atom. The molecule has 2 aromatic rings. The largest absolute Gasteiger partial charge is 0.496 e. The summed E-state index contributed by atoms with van der Waals surface area (Å²) in [5.41, 5.74) is 3.23.